The first-order chi connectivity index (χ1) is 7.79. The van der Waals surface area contributed by atoms with E-state index in [1.54, 1.807) is 23.9 Å². The van der Waals surface area contributed by atoms with Gasteiger partial charge >= 0.3 is 0 Å². The van der Waals surface area contributed by atoms with Crippen molar-refractivity contribution in [2.45, 2.75) is 6.54 Å². The fourth-order valence-electron chi connectivity index (χ4n) is 1.60. The normalized spacial score (nSPS) is 17.7. The maximum absolute atomic E-state index is 9.35. The van der Waals surface area contributed by atoms with Gasteiger partial charge < -0.3 is 10.0 Å². The number of hydrogen-bond donors (Lipinski definition) is 1. The Bertz CT molecular complexity index is 453. The van der Waals surface area contributed by atoms with E-state index in [0.29, 0.717) is 6.54 Å². The van der Waals surface area contributed by atoms with Crippen LogP contribution in [0.15, 0.2) is 29.3 Å². The van der Waals surface area contributed by atoms with Gasteiger partial charge in [0.1, 0.15) is 5.75 Å². The molecule has 16 heavy (non-hydrogen) atoms. The summed E-state index contributed by atoms with van der Waals surface area (Å²) in [5.41, 5.74) is 1.02. The van der Waals surface area contributed by atoms with Crippen molar-refractivity contribution >= 4 is 16.9 Å². The van der Waals surface area contributed by atoms with Gasteiger partial charge in [0.25, 0.3) is 0 Å². The van der Waals surface area contributed by atoms with Crippen molar-refractivity contribution in [1.29, 1.82) is 5.26 Å². The van der Waals surface area contributed by atoms with Gasteiger partial charge in [-0.15, -0.1) is 4.99 Å². The number of thioether (sulfide) groups is 1. The monoisotopic (exact) mass is 233 g/mol. The first-order valence-electron chi connectivity index (χ1n) is 4.92. The molecule has 5 heteroatoms. The maximum Gasteiger partial charge on any atom is 0.208 e. The van der Waals surface area contributed by atoms with Gasteiger partial charge in [-0.2, -0.15) is 5.26 Å². The van der Waals surface area contributed by atoms with Gasteiger partial charge in [-0.1, -0.05) is 23.9 Å². The largest absolute Gasteiger partial charge is 0.508 e. The topological polar surface area (TPSA) is 59.6 Å². The standard InChI is InChI=1S/C11H11N3OS/c12-8-13-11-14(4-5-16-11)7-9-2-1-3-10(15)6-9/h1-3,6,15H,4-5,7H2. The lowest BCUT2D eigenvalue weighted by atomic mass is 10.2. The molecule has 1 aromatic rings. The molecule has 1 heterocycles. The molecule has 82 valence electrons. The summed E-state index contributed by atoms with van der Waals surface area (Å²) in [6.45, 7) is 1.57. The first kappa shape index (κ1) is 10.8. The minimum Gasteiger partial charge on any atom is -0.508 e. The van der Waals surface area contributed by atoms with Crippen LogP contribution >= 0.6 is 11.8 Å². The van der Waals surface area contributed by atoms with Crippen molar-refractivity contribution in [3.8, 4) is 11.9 Å². The molecule has 0 amide bonds. The lowest BCUT2D eigenvalue weighted by Gasteiger charge is -2.16. The number of benzene rings is 1. The molecule has 0 atom stereocenters. The minimum absolute atomic E-state index is 0.267. The van der Waals surface area contributed by atoms with E-state index >= 15 is 0 Å². The minimum atomic E-state index is 0.267. The van der Waals surface area contributed by atoms with Crippen LogP contribution in [0.5, 0.6) is 5.75 Å². The summed E-state index contributed by atoms with van der Waals surface area (Å²) in [5.74, 6) is 1.22. The highest BCUT2D eigenvalue weighted by molar-refractivity contribution is 8.14. The average molecular weight is 233 g/mol. The van der Waals surface area contributed by atoms with Crippen molar-refractivity contribution in [3.63, 3.8) is 0 Å². The molecule has 0 radical (unpaired) electrons. The Morgan fingerprint density at radius 2 is 2.44 bits per heavy atom. The SMILES string of the molecule is N#CN=C1SCCN1Cc1cccc(O)c1. The predicted octanol–water partition coefficient (Wildman–Crippen LogP) is 1.78. The van der Waals surface area contributed by atoms with Crippen LogP contribution in [0.2, 0.25) is 0 Å². The van der Waals surface area contributed by atoms with Crippen molar-refractivity contribution in [1.82, 2.24) is 4.90 Å². The zero-order valence-corrected chi connectivity index (χ0v) is 9.44. The molecule has 2 rings (SSSR count). The molecule has 1 N–H and O–H groups in total. The van der Waals surface area contributed by atoms with Crippen LogP contribution in [0.4, 0.5) is 0 Å². The number of phenols is 1. The Morgan fingerprint density at radius 1 is 1.56 bits per heavy atom. The van der Waals surface area contributed by atoms with E-state index in [4.69, 9.17) is 5.26 Å². The molecule has 1 fully saturated rings. The Morgan fingerprint density at radius 3 is 3.19 bits per heavy atom. The van der Waals surface area contributed by atoms with E-state index in [2.05, 4.69) is 4.99 Å². The van der Waals surface area contributed by atoms with Crippen molar-refractivity contribution < 1.29 is 5.11 Å². The molecule has 0 unspecified atom stereocenters. The second kappa shape index (κ2) is 4.90. The summed E-state index contributed by atoms with van der Waals surface area (Å²) in [5, 5.41) is 18.7. The van der Waals surface area contributed by atoms with Crippen LogP contribution in [-0.2, 0) is 6.54 Å². The predicted molar refractivity (Wildman–Crippen MR) is 64.0 cm³/mol. The molecule has 0 aliphatic carbocycles. The molecule has 1 aliphatic heterocycles. The van der Waals surface area contributed by atoms with E-state index < -0.39 is 0 Å². The summed E-state index contributed by atoms with van der Waals surface area (Å²) < 4.78 is 0. The molecule has 1 saturated heterocycles. The molecule has 1 aromatic carbocycles. The maximum atomic E-state index is 9.35. The van der Waals surface area contributed by atoms with Gasteiger partial charge in [0, 0.05) is 18.8 Å². The van der Waals surface area contributed by atoms with Gasteiger partial charge in [-0.05, 0) is 17.7 Å². The zero-order chi connectivity index (χ0) is 11.4. The smallest absolute Gasteiger partial charge is 0.208 e. The first-order valence-corrected chi connectivity index (χ1v) is 5.90. The Hall–Kier alpha value is -1.67. The lowest BCUT2D eigenvalue weighted by molar-refractivity contribution is 0.449. The van der Waals surface area contributed by atoms with Crippen molar-refractivity contribution in [2.75, 3.05) is 12.3 Å². The van der Waals surface area contributed by atoms with Gasteiger partial charge in [-0.3, -0.25) is 0 Å². The number of aliphatic imine (C=N–C) groups is 1. The van der Waals surface area contributed by atoms with Crippen LogP contribution < -0.4 is 0 Å². The number of phenolic OH excluding ortho intramolecular Hbond substituents is 1. The van der Waals surface area contributed by atoms with Gasteiger partial charge in [0.15, 0.2) is 5.17 Å². The van der Waals surface area contributed by atoms with Gasteiger partial charge in [0.2, 0.25) is 6.19 Å². The molecule has 4 nitrogen and oxygen atoms in total. The fourth-order valence-corrected chi connectivity index (χ4v) is 2.54. The molecular weight excluding hydrogens is 222 g/mol. The third kappa shape index (κ3) is 2.47. The second-order valence-electron chi connectivity index (χ2n) is 3.43. The Labute approximate surface area is 98.2 Å². The molecule has 0 saturated carbocycles. The van der Waals surface area contributed by atoms with Gasteiger partial charge in [-0.25, -0.2) is 0 Å². The molecule has 1 aliphatic rings. The highest BCUT2D eigenvalue weighted by Gasteiger charge is 2.19. The number of hydrogen-bond acceptors (Lipinski definition) is 4. The molecular formula is C11H11N3OS. The number of nitriles is 1. The van der Waals surface area contributed by atoms with Crippen molar-refractivity contribution in [3.05, 3.63) is 29.8 Å². The van der Waals surface area contributed by atoms with Gasteiger partial charge in [0.05, 0.1) is 0 Å². The van der Waals surface area contributed by atoms with Crippen LogP contribution in [-0.4, -0.2) is 27.5 Å². The summed E-state index contributed by atoms with van der Waals surface area (Å²) in [6.07, 6.45) is 1.81. The average Bonchev–Trinajstić information content (AvgIpc) is 2.66. The zero-order valence-electron chi connectivity index (χ0n) is 8.63. The lowest BCUT2D eigenvalue weighted by Crippen LogP contribution is -2.23. The van der Waals surface area contributed by atoms with Crippen LogP contribution in [0.3, 0.4) is 0 Å². The van der Waals surface area contributed by atoms with Crippen LogP contribution in [0, 0.1) is 11.5 Å². The van der Waals surface area contributed by atoms with Crippen LogP contribution in [0.1, 0.15) is 5.56 Å². The van der Waals surface area contributed by atoms with Crippen molar-refractivity contribution in [2.24, 2.45) is 4.99 Å². The van der Waals surface area contributed by atoms with E-state index in [0.717, 1.165) is 23.0 Å². The second-order valence-corrected chi connectivity index (χ2v) is 4.50. The Kier molecular flexibility index (Phi) is 3.32. The van der Waals surface area contributed by atoms with E-state index in [9.17, 15) is 5.11 Å². The summed E-state index contributed by atoms with van der Waals surface area (Å²) in [4.78, 5) is 5.82. The van der Waals surface area contributed by atoms with E-state index in [1.807, 2.05) is 23.2 Å². The number of aromatic hydroxyl groups is 1. The number of amidine groups is 1. The Balaban J connectivity index is 2.10. The third-order valence-electron chi connectivity index (χ3n) is 2.29. The molecule has 0 spiro atoms. The third-order valence-corrected chi connectivity index (χ3v) is 3.29. The summed E-state index contributed by atoms with van der Waals surface area (Å²) >= 11 is 1.59. The molecule has 0 bridgehead atoms. The molecule has 0 aromatic heterocycles. The fraction of sp³-hybridized carbons (Fsp3) is 0.273. The summed E-state index contributed by atoms with van der Waals surface area (Å²) in [6, 6.07) is 7.14. The van der Waals surface area contributed by atoms with E-state index in [-0.39, 0.29) is 5.75 Å². The quantitative estimate of drug-likeness (QED) is 0.791. The van der Waals surface area contributed by atoms with Crippen LogP contribution in [0.25, 0.3) is 0 Å². The van der Waals surface area contributed by atoms with E-state index in [1.165, 1.54) is 0 Å². The number of rotatable bonds is 2. The summed E-state index contributed by atoms with van der Waals surface area (Å²) in [7, 11) is 0. The number of nitrogens with zero attached hydrogens (tertiary/aromatic N) is 3. The highest BCUT2D eigenvalue weighted by Crippen LogP contribution is 2.21. The highest BCUT2D eigenvalue weighted by atomic mass is 32.2.